The molecule has 0 saturated heterocycles. The lowest BCUT2D eigenvalue weighted by Crippen LogP contribution is -2.15. The van der Waals surface area contributed by atoms with Gasteiger partial charge >= 0.3 is 0 Å². The van der Waals surface area contributed by atoms with E-state index in [-0.39, 0.29) is 11.6 Å². The number of benzene rings is 2. The van der Waals surface area contributed by atoms with Gasteiger partial charge in [-0.25, -0.2) is 9.97 Å². The lowest BCUT2D eigenvalue weighted by Gasteiger charge is -2.12. The van der Waals surface area contributed by atoms with Crippen molar-refractivity contribution in [1.82, 2.24) is 9.97 Å². The van der Waals surface area contributed by atoms with Gasteiger partial charge in [-0.05, 0) is 36.8 Å². The zero-order chi connectivity index (χ0) is 19.2. The molecule has 0 atom stereocenters. The molecule has 0 aliphatic carbocycles. The second-order valence-electron chi connectivity index (χ2n) is 5.77. The number of rotatable bonds is 6. The Hall–Kier alpha value is -3.61. The summed E-state index contributed by atoms with van der Waals surface area (Å²) in [5.74, 6) is 1.38. The van der Waals surface area contributed by atoms with Crippen molar-refractivity contribution < 1.29 is 14.3 Å². The molecule has 1 amide bonds. The smallest absolute Gasteiger partial charge is 0.274 e. The van der Waals surface area contributed by atoms with E-state index in [0.717, 1.165) is 11.3 Å². The van der Waals surface area contributed by atoms with Gasteiger partial charge in [0.1, 0.15) is 29.3 Å². The SMILES string of the molecule is COc1ccc(C)cc1NC(=O)c1cc(Nc2ccccc2OC)ncn1. The number of methoxy groups -OCH3 is 2. The van der Waals surface area contributed by atoms with E-state index >= 15 is 0 Å². The lowest BCUT2D eigenvalue weighted by atomic mass is 10.2. The van der Waals surface area contributed by atoms with Crippen molar-refractivity contribution in [3.05, 3.63) is 66.1 Å². The molecule has 3 rings (SSSR count). The van der Waals surface area contributed by atoms with Crippen LogP contribution in [0.15, 0.2) is 54.9 Å². The molecule has 0 aliphatic rings. The number of carbonyl (C=O) groups is 1. The van der Waals surface area contributed by atoms with Gasteiger partial charge in [0, 0.05) is 6.07 Å². The molecule has 0 spiro atoms. The minimum atomic E-state index is -0.357. The minimum Gasteiger partial charge on any atom is -0.495 e. The first-order valence-corrected chi connectivity index (χ1v) is 8.29. The van der Waals surface area contributed by atoms with Gasteiger partial charge in [-0.2, -0.15) is 0 Å². The highest BCUT2D eigenvalue weighted by atomic mass is 16.5. The van der Waals surface area contributed by atoms with Crippen LogP contribution in [-0.2, 0) is 0 Å². The van der Waals surface area contributed by atoms with Crippen LogP contribution in [0.3, 0.4) is 0 Å². The van der Waals surface area contributed by atoms with E-state index in [4.69, 9.17) is 9.47 Å². The minimum absolute atomic E-state index is 0.228. The quantitative estimate of drug-likeness (QED) is 0.692. The second-order valence-corrected chi connectivity index (χ2v) is 5.77. The molecule has 0 saturated carbocycles. The Bertz CT molecular complexity index is 959. The molecule has 2 N–H and O–H groups in total. The van der Waals surface area contributed by atoms with Crippen molar-refractivity contribution in [2.75, 3.05) is 24.9 Å². The molecule has 2 aromatic carbocycles. The Labute approximate surface area is 157 Å². The number of para-hydroxylation sites is 2. The molecule has 1 heterocycles. The Morgan fingerprint density at radius 1 is 0.926 bits per heavy atom. The second kappa shape index (κ2) is 8.18. The maximum absolute atomic E-state index is 12.6. The summed E-state index contributed by atoms with van der Waals surface area (Å²) in [6.07, 6.45) is 1.33. The summed E-state index contributed by atoms with van der Waals surface area (Å²) in [7, 11) is 3.15. The number of ether oxygens (including phenoxy) is 2. The molecule has 0 radical (unpaired) electrons. The first-order chi connectivity index (χ1) is 13.1. The van der Waals surface area contributed by atoms with Gasteiger partial charge in [-0.3, -0.25) is 4.79 Å². The Kier molecular flexibility index (Phi) is 5.51. The van der Waals surface area contributed by atoms with Crippen molar-refractivity contribution in [3.63, 3.8) is 0 Å². The number of hydrogen-bond donors (Lipinski definition) is 2. The number of hydrogen-bond acceptors (Lipinski definition) is 6. The van der Waals surface area contributed by atoms with Gasteiger partial charge in [0.15, 0.2) is 0 Å². The number of nitrogens with one attached hydrogen (secondary N) is 2. The molecule has 1 aromatic heterocycles. The summed E-state index contributed by atoms with van der Waals surface area (Å²) < 4.78 is 10.6. The number of amides is 1. The molecule has 27 heavy (non-hydrogen) atoms. The van der Waals surface area contributed by atoms with E-state index in [0.29, 0.717) is 23.0 Å². The van der Waals surface area contributed by atoms with E-state index in [1.54, 1.807) is 26.4 Å². The maximum Gasteiger partial charge on any atom is 0.274 e. The third-order valence-electron chi connectivity index (χ3n) is 3.87. The summed E-state index contributed by atoms with van der Waals surface area (Å²) in [5, 5.41) is 5.96. The van der Waals surface area contributed by atoms with Gasteiger partial charge in [0.25, 0.3) is 5.91 Å². The largest absolute Gasteiger partial charge is 0.495 e. The predicted molar refractivity (Wildman–Crippen MR) is 104 cm³/mol. The molecule has 0 bridgehead atoms. The van der Waals surface area contributed by atoms with Crippen molar-refractivity contribution >= 4 is 23.1 Å². The first-order valence-electron chi connectivity index (χ1n) is 8.29. The normalized spacial score (nSPS) is 10.2. The molecule has 138 valence electrons. The molecule has 0 unspecified atom stereocenters. The Balaban J connectivity index is 1.81. The number of aromatic nitrogens is 2. The summed E-state index contributed by atoms with van der Waals surface area (Å²) in [5.41, 5.74) is 2.56. The molecule has 0 aliphatic heterocycles. The molecule has 3 aromatic rings. The van der Waals surface area contributed by atoms with Gasteiger partial charge in [-0.15, -0.1) is 0 Å². The van der Waals surface area contributed by atoms with E-state index in [1.165, 1.54) is 6.33 Å². The molecule has 7 nitrogen and oxygen atoms in total. The predicted octanol–water partition coefficient (Wildman–Crippen LogP) is 3.80. The fourth-order valence-corrected chi connectivity index (χ4v) is 2.54. The van der Waals surface area contributed by atoms with E-state index in [9.17, 15) is 4.79 Å². The molecule has 7 heteroatoms. The third kappa shape index (κ3) is 4.33. The number of carbonyl (C=O) groups excluding carboxylic acids is 1. The van der Waals surface area contributed by atoms with Crippen LogP contribution < -0.4 is 20.1 Å². The number of aryl methyl sites for hydroxylation is 1. The fourth-order valence-electron chi connectivity index (χ4n) is 2.54. The van der Waals surface area contributed by atoms with Crippen LogP contribution >= 0.6 is 0 Å². The van der Waals surface area contributed by atoms with E-state index in [1.807, 2.05) is 43.3 Å². The summed E-state index contributed by atoms with van der Waals surface area (Å²) in [6, 6.07) is 14.6. The van der Waals surface area contributed by atoms with Gasteiger partial charge in [0.2, 0.25) is 0 Å². The maximum atomic E-state index is 12.6. The average Bonchev–Trinajstić information content (AvgIpc) is 2.69. The number of anilines is 3. The molecular weight excluding hydrogens is 344 g/mol. The fraction of sp³-hybridized carbons (Fsp3) is 0.150. The number of nitrogens with zero attached hydrogens (tertiary/aromatic N) is 2. The Morgan fingerprint density at radius 2 is 1.67 bits per heavy atom. The van der Waals surface area contributed by atoms with Crippen LogP contribution in [-0.4, -0.2) is 30.1 Å². The van der Waals surface area contributed by atoms with Gasteiger partial charge < -0.3 is 20.1 Å². The summed E-state index contributed by atoms with van der Waals surface area (Å²) in [4.78, 5) is 20.8. The average molecular weight is 364 g/mol. The van der Waals surface area contributed by atoms with Crippen LogP contribution in [0.2, 0.25) is 0 Å². The third-order valence-corrected chi connectivity index (χ3v) is 3.87. The van der Waals surface area contributed by atoms with Crippen LogP contribution in [0.1, 0.15) is 16.1 Å². The van der Waals surface area contributed by atoms with Crippen LogP contribution in [0.5, 0.6) is 11.5 Å². The van der Waals surface area contributed by atoms with Crippen LogP contribution in [0.25, 0.3) is 0 Å². The highest BCUT2D eigenvalue weighted by Gasteiger charge is 2.13. The topological polar surface area (TPSA) is 85.4 Å². The highest BCUT2D eigenvalue weighted by molar-refractivity contribution is 6.04. The van der Waals surface area contributed by atoms with Gasteiger partial charge in [0.05, 0.1) is 25.6 Å². The van der Waals surface area contributed by atoms with Crippen molar-refractivity contribution in [2.45, 2.75) is 6.92 Å². The summed E-state index contributed by atoms with van der Waals surface area (Å²) >= 11 is 0. The first kappa shape index (κ1) is 18.2. The van der Waals surface area contributed by atoms with Crippen molar-refractivity contribution in [1.29, 1.82) is 0 Å². The zero-order valence-electron chi connectivity index (χ0n) is 15.3. The van der Waals surface area contributed by atoms with Crippen LogP contribution in [0, 0.1) is 6.92 Å². The van der Waals surface area contributed by atoms with Crippen LogP contribution in [0.4, 0.5) is 17.2 Å². The Morgan fingerprint density at radius 3 is 2.44 bits per heavy atom. The molecular formula is C20H20N4O3. The van der Waals surface area contributed by atoms with Gasteiger partial charge in [-0.1, -0.05) is 18.2 Å². The van der Waals surface area contributed by atoms with E-state index < -0.39 is 0 Å². The lowest BCUT2D eigenvalue weighted by molar-refractivity contribution is 0.102. The summed E-state index contributed by atoms with van der Waals surface area (Å²) in [6.45, 7) is 1.94. The highest BCUT2D eigenvalue weighted by Crippen LogP contribution is 2.27. The monoisotopic (exact) mass is 364 g/mol. The van der Waals surface area contributed by atoms with Crippen molar-refractivity contribution in [3.8, 4) is 11.5 Å². The van der Waals surface area contributed by atoms with E-state index in [2.05, 4.69) is 20.6 Å². The zero-order valence-corrected chi connectivity index (χ0v) is 15.3. The molecule has 0 fully saturated rings. The standard InChI is InChI=1S/C20H20N4O3/c1-13-8-9-18(27-3)15(10-13)24-20(25)16-11-19(22-12-21-16)23-14-6-4-5-7-17(14)26-2/h4-12H,1-3H3,(H,24,25)(H,21,22,23). The van der Waals surface area contributed by atoms with Crippen molar-refractivity contribution in [2.24, 2.45) is 0 Å².